The normalized spacial score (nSPS) is 15.2. The van der Waals surface area contributed by atoms with Crippen molar-refractivity contribution in [1.29, 1.82) is 5.26 Å². The smallest absolute Gasteiger partial charge is 0.260 e. The summed E-state index contributed by atoms with van der Waals surface area (Å²) < 4.78 is 0. The Morgan fingerprint density at radius 2 is 1.79 bits per heavy atom. The van der Waals surface area contributed by atoms with Crippen LogP contribution in [0.15, 0.2) is 60.2 Å². The number of benzene rings is 2. The van der Waals surface area contributed by atoms with Gasteiger partial charge in [0.05, 0.1) is 23.9 Å². The summed E-state index contributed by atoms with van der Waals surface area (Å²) in [6.07, 6.45) is 2.57. The Balaban J connectivity index is 2.04. The lowest BCUT2D eigenvalue weighted by molar-refractivity contribution is -0.113. The molecule has 0 bridgehead atoms. The summed E-state index contributed by atoms with van der Waals surface area (Å²) >= 11 is 0. The largest absolute Gasteiger partial charge is 0.303 e. The summed E-state index contributed by atoms with van der Waals surface area (Å²) in [5, 5.41) is 9.55. The summed E-state index contributed by atoms with van der Waals surface area (Å²) in [6, 6.07) is 20.0. The molecule has 3 nitrogen and oxygen atoms in total. The average Bonchev–Trinajstić information content (AvgIpc) is 2.90. The molecule has 2 aromatic carbocycles. The van der Waals surface area contributed by atoms with Gasteiger partial charge in [-0.1, -0.05) is 61.9 Å². The van der Waals surface area contributed by atoms with E-state index in [1.165, 1.54) is 0 Å². The van der Waals surface area contributed by atoms with E-state index in [9.17, 15) is 10.1 Å². The fourth-order valence-electron chi connectivity index (χ4n) is 3.08. The molecule has 1 heterocycles. The molecule has 1 aliphatic heterocycles. The van der Waals surface area contributed by atoms with E-state index < -0.39 is 0 Å². The van der Waals surface area contributed by atoms with Crippen molar-refractivity contribution >= 4 is 17.2 Å². The molecule has 0 radical (unpaired) electrons. The molecule has 0 saturated carbocycles. The number of amides is 1. The molecule has 2 aromatic rings. The lowest BCUT2D eigenvalue weighted by Crippen LogP contribution is -2.26. The van der Waals surface area contributed by atoms with Crippen LogP contribution in [0, 0.1) is 11.3 Å². The first-order chi connectivity index (χ1) is 11.8. The number of rotatable bonds is 5. The molecule has 0 atom stereocenters. The predicted molar refractivity (Wildman–Crippen MR) is 96.1 cm³/mol. The minimum Gasteiger partial charge on any atom is -0.303 e. The second kappa shape index (κ2) is 7.14. The van der Waals surface area contributed by atoms with Crippen LogP contribution in [0.3, 0.4) is 0 Å². The number of nitriles is 1. The van der Waals surface area contributed by atoms with Crippen LogP contribution in [-0.4, -0.2) is 5.91 Å². The average molecular weight is 316 g/mol. The van der Waals surface area contributed by atoms with Gasteiger partial charge in [0, 0.05) is 11.1 Å². The summed E-state index contributed by atoms with van der Waals surface area (Å²) in [6.45, 7) is 2.61. The molecule has 120 valence electrons. The van der Waals surface area contributed by atoms with Crippen LogP contribution in [0.1, 0.15) is 37.3 Å². The van der Waals surface area contributed by atoms with Crippen LogP contribution in [0.5, 0.6) is 0 Å². The number of hydrogen-bond donors (Lipinski definition) is 0. The van der Waals surface area contributed by atoms with E-state index in [4.69, 9.17) is 0 Å². The van der Waals surface area contributed by atoms with Crippen molar-refractivity contribution < 1.29 is 4.79 Å². The number of unbranched alkanes of at least 4 members (excludes halogenated alkanes) is 1. The van der Waals surface area contributed by atoms with Crippen molar-refractivity contribution in [3.63, 3.8) is 0 Å². The highest BCUT2D eigenvalue weighted by atomic mass is 16.2. The van der Waals surface area contributed by atoms with Gasteiger partial charge in [0.25, 0.3) is 5.91 Å². The molecule has 3 heteroatoms. The first-order valence-corrected chi connectivity index (χ1v) is 8.34. The standard InChI is InChI=1S/C21H20N2O/c1-2-3-11-17(14-22)20-18-12-7-8-13-19(18)23(21(20)24)15-16-9-5-4-6-10-16/h4-10,12-13H,2-3,11,15H2,1H3/b20-17-. The van der Waals surface area contributed by atoms with Gasteiger partial charge in [0.15, 0.2) is 0 Å². The monoisotopic (exact) mass is 316 g/mol. The van der Waals surface area contributed by atoms with Gasteiger partial charge in [-0.25, -0.2) is 0 Å². The van der Waals surface area contributed by atoms with Crippen molar-refractivity contribution in [3.8, 4) is 6.07 Å². The van der Waals surface area contributed by atoms with E-state index in [0.29, 0.717) is 24.1 Å². The lowest BCUT2D eigenvalue weighted by atomic mass is 9.98. The van der Waals surface area contributed by atoms with Gasteiger partial charge in [-0.05, 0) is 24.5 Å². The van der Waals surface area contributed by atoms with Crippen molar-refractivity contribution in [2.75, 3.05) is 4.90 Å². The third-order valence-corrected chi connectivity index (χ3v) is 4.32. The van der Waals surface area contributed by atoms with Gasteiger partial charge in [-0.15, -0.1) is 0 Å². The zero-order valence-electron chi connectivity index (χ0n) is 13.8. The molecule has 3 rings (SSSR count). The summed E-state index contributed by atoms with van der Waals surface area (Å²) in [5.74, 6) is -0.0623. The number of carbonyl (C=O) groups excluding carboxylic acids is 1. The zero-order valence-corrected chi connectivity index (χ0v) is 13.8. The molecule has 1 amide bonds. The van der Waals surface area contributed by atoms with Gasteiger partial charge in [-0.3, -0.25) is 4.79 Å². The molecule has 1 aliphatic rings. The molecule has 0 N–H and O–H groups in total. The Bertz CT molecular complexity index is 815. The minimum atomic E-state index is -0.0623. The van der Waals surface area contributed by atoms with E-state index in [1.807, 2.05) is 54.6 Å². The third-order valence-electron chi connectivity index (χ3n) is 4.32. The maximum Gasteiger partial charge on any atom is 0.260 e. The maximum atomic E-state index is 13.0. The quantitative estimate of drug-likeness (QED) is 0.593. The summed E-state index contributed by atoms with van der Waals surface area (Å²) in [5.41, 5.74) is 4.04. The Morgan fingerprint density at radius 3 is 2.50 bits per heavy atom. The highest BCUT2D eigenvalue weighted by molar-refractivity contribution is 6.33. The van der Waals surface area contributed by atoms with Crippen molar-refractivity contribution in [1.82, 2.24) is 0 Å². The van der Waals surface area contributed by atoms with Crippen molar-refractivity contribution in [3.05, 3.63) is 71.3 Å². The summed E-state index contributed by atoms with van der Waals surface area (Å²) in [7, 11) is 0. The Labute approximate surface area is 142 Å². The highest BCUT2D eigenvalue weighted by Gasteiger charge is 2.34. The number of fused-ring (bicyclic) bond motifs is 1. The first-order valence-electron chi connectivity index (χ1n) is 8.34. The Morgan fingerprint density at radius 1 is 1.08 bits per heavy atom. The van der Waals surface area contributed by atoms with Crippen LogP contribution in [0.2, 0.25) is 0 Å². The number of anilines is 1. The Hall–Kier alpha value is -2.86. The van der Waals surface area contributed by atoms with Crippen LogP contribution in [-0.2, 0) is 11.3 Å². The van der Waals surface area contributed by atoms with Crippen LogP contribution in [0.25, 0.3) is 5.57 Å². The van der Waals surface area contributed by atoms with E-state index in [0.717, 1.165) is 29.7 Å². The third kappa shape index (κ3) is 2.96. The van der Waals surface area contributed by atoms with Gasteiger partial charge < -0.3 is 4.90 Å². The second-order valence-corrected chi connectivity index (χ2v) is 5.96. The van der Waals surface area contributed by atoms with Crippen molar-refractivity contribution in [2.24, 2.45) is 0 Å². The van der Waals surface area contributed by atoms with Gasteiger partial charge in [0.2, 0.25) is 0 Å². The van der Waals surface area contributed by atoms with Crippen molar-refractivity contribution in [2.45, 2.75) is 32.7 Å². The van der Waals surface area contributed by atoms with Crippen LogP contribution >= 0.6 is 0 Å². The van der Waals surface area contributed by atoms with Crippen LogP contribution < -0.4 is 4.90 Å². The predicted octanol–water partition coefficient (Wildman–Crippen LogP) is 4.70. The number of hydrogen-bond acceptors (Lipinski definition) is 2. The number of allylic oxidation sites excluding steroid dienone is 1. The molecular weight excluding hydrogens is 296 g/mol. The molecule has 0 aliphatic carbocycles. The molecule has 0 spiro atoms. The highest BCUT2D eigenvalue weighted by Crippen LogP contribution is 2.39. The molecule has 0 saturated heterocycles. The Kier molecular flexibility index (Phi) is 4.77. The first kappa shape index (κ1) is 16.0. The molecule has 0 aromatic heterocycles. The molecule has 24 heavy (non-hydrogen) atoms. The number of nitrogens with zero attached hydrogens (tertiary/aromatic N) is 2. The maximum absolute atomic E-state index is 13.0. The van der Waals surface area contributed by atoms with Crippen LogP contribution in [0.4, 0.5) is 5.69 Å². The topological polar surface area (TPSA) is 44.1 Å². The number of carbonyl (C=O) groups is 1. The summed E-state index contributed by atoms with van der Waals surface area (Å²) in [4.78, 5) is 14.8. The second-order valence-electron chi connectivity index (χ2n) is 5.96. The minimum absolute atomic E-state index is 0.0623. The lowest BCUT2D eigenvalue weighted by Gasteiger charge is -2.17. The van der Waals surface area contributed by atoms with E-state index in [-0.39, 0.29) is 5.91 Å². The van der Waals surface area contributed by atoms with E-state index >= 15 is 0 Å². The van der Waals surface area contributed by atoms with Gasteiger partial charge in [-0.2, -0.15) is 5.26 Å². The fourth-order valence-corrected chi connectivity index (χ4v) is 3.08. The van der Waals surface area contributed by atoms with Gasteiger partial charge in [0.1, 0.15) is 0 Å². The van der Waals surface area contributed by atoms with E-state index in [2.05, 4.69) is 13.0 Å². The van der Waals surface area contributed by atoms with E-state index in [1.54, 1.807) is 4.90 Å². The number of para-hydroxylation sites is 1. The zero-order chi connectivity index (χ0) is 16.9. The van der Waals surface area contributed by atoms with Gasteiger partial charge >= 0.3 is 0 Å². The SMILES string of the molecule is CCCC/C(C#N)=C1/C(=O)N(Cc2ccccc2)c2ccccc21. The molecular formula is C21H20N2O. The molecule has 0 unspecified atom stereocenters. The fraction of sp³-hybridized carbons (Fsp3) is 0.238. The molecule has 0 fully saturated rings.